The van der Waals surface area contributed by atoms with E-state index in [4.69, 9.17) is 16.1 Å². The molecule has 0 amide bonds. The van der Waals surface area contributed by atoms with Crippen LogP contribution in [0.25, 0.3) is 17.1 Å². The number of rotatable bonds is 7. The SMILES string of the molecule is CCNC(=NCc1nc(-c2ccc(Cl)cc2)no1)NC(C)c1cccc(-n2cccn2)c1. The van der Waals surface area contributed by atoms with Gasteiger partial charge >= 0.3 is 0 Å². The van der Waals surface area contributed by atoms with Crippen LogP contribution in [-0.2, 0) is 6.54 Å². The molecule has 0 fully saturated rings. The predicted molar refractivity (Wildman–Crippen MR) is 125 cm³/mol. The van der Waals surface area contributed by atoms with Gasteiger partial charge in [-0.25, -0.2) is 9.67 Å². The van der Waals surface area contributed by atoms with Gasteiger partial charge in [-0.15, -0.1) is 0 Å². The highest BCUT2D eigenvalue weighted by atomic mass is 35.5. The molecule has 1 atom stereocenters. The molecular weight excluding hydrogens is 426 g/mol. The van der Waals surface area contributed by atoms with Crippen LogP contribution in [0.4, 0.5) is 0 Å². The summed E-state index contributed by atoms with van der Waals surface area (Å²) in [5.41, 5.74) is 2.96. The molecule has 32 heavy (non-hydrogen) atoms. The average molecular weight is 450 g/mol. The molecule has 0 saturated heterocycles. The maximum absolute atomic E-state index is 5.94. The van der Waals surface area contributed by atoms with Gasteiger partial charge in [0.1, 0.15) is 6.54 Å². The zero-order valence-corrected chi connectivity index (χ0v) is 18.6. The Morgan fingerprint density at radius 2 is 2.03 bits per heavy atom. The lowest BCUT2D eigenvalue weighted by molar-refractivity contribution is 0.380. The van der Waals surface area contributed by atoms with Crippen molar-refractivity contribution < 1.29 is 4.52 Å². The number of aromatic nitrogens is 4. The Hall–Kier alpha value is -3.65. The van der Waals surface area contributed by atoms with Crippen molar-refractivity contribution in [1.29, 1.82) is 0 Å². The maximum Gasteiger partial charge on any atom is 0.248 e. The van der Waals surface area contributed by atoms with Gasteiger partial charge in [-0.1, -0.05) is 28.9 Å². The van der Waals surface area contributed by atoms with E-state index in [-0.39, 0.29) is 12.6 Å². The number of benzene rings is 2. The van der Waals surface area contributed by atoms with E-state index in [9.17, 15) is 0 Å². The second-order valence-electron chi connectivity index (χ2n) is 7.13. The molecule has 0 aliphatic heterocycles. The van der Waals surface area contributed by atoms with Crippen molar-refractivity contribution in [3.05, 3.63) is 83.5 Å². The standard InChI is InChI=1S/C23H24ClN7O/c1-3-25-23(26-15-21-29-22(30-32-21)17-8-10-19(24)11-9-17)28-16(2)18-6-4-7-20(14-18)31-13-5-12-27-31/h4-14,16H,3,15H2,1-2H3,(H2,25,26,28). The Morgan fingerprint density at radius 3 is 2.78 bits per heavy atom. The summed E-state index contributed by atoms with van der Waals surface area (Å²) in [6, 6.07) is 17.4. The lowest BCUT2D eigenvalue weighted by Gasteiger charge is -2.18. The van der Waals surface area contributed by atoms with Crippen molar-refractivity contribution in [1.82, 2.24) is 30.6 Å². The molecule has 8 nitrogen and oxygen atoms in total. The maximum atomic E-state index is 5.94. The summed E-state index contributed by atoms with van der Waals surface area (Å²) in [5.74, 6) is 1.60. The lowest BCUT2D eigenvalue weighted by Crippen LogP contribution is -2.38. The molecule has 0 bridgehead atoms. The van der Waals surface area contributed by atoms with E-state index in [1.165, 1.54) is 0 Å². The molecule has 0 aliphatic carbocycles. The largest absolute Gasteiger partial charge is 0.357 e. The molecule has 2 aromatic carbocycles. The summed E-state index contributed by atoms with van der Waals surface area (Å²) in [5, 5.41) is 15.7. The molecule has 0 radical (unpaired) electrons. The normalized spacial score (nSPS) is 12.5. The van der Waals surface area contributed by atoms with Crippen molar-refractivity contribution in [3.8, 4) is 17.1 Å². The van der Waals surface area contributed by atoms with Gasteiger partial charge in [-0.05, 0) is 61.9 Å². The van der Waals surface area contributed by atoms with Crippen LogP contribution in [0.15, 0.2) is 76.5 Å². The van der Waals surface area contributed by atoms with Crippen molar-refractivity contribution in [2.75, 3.05) is 6.54 Å². The van der Waals surface area contributed by atoms with Crippen LogP contribution >= 0.6 is 11.6 Å². The van der Waals surface area contributed by atoms with Crippen molar-refractivity contribution >= 4 is 17.6 Å². The van der Waals surface area contributed by atoms with E-state index < -0.39 is 0 Å². The van der Waals surface area contributed by atoms with Crippen molar-refractivity contribution in [2.45, 2.75) is 26.4 Å². The molecule has 1 unspecified atom stereocenters. The highest BCUT2D eigenvalue weighted by Crippen LogP contribution is 2.19. The summed E-state index contributed by atoms with van der Waals surface area (Å²) >= 11 is 5.94. The van der Waals surface area contributed by atoms with Crippen LogP contribution in [0.1, 0.15) is 31.3 Å². The minimum atomic E-state index is 0.0237. The van der Waals surface area contributed by atoms with Crippen molar-refractivity contribution in [3.63, 3.8) is 0 Å². The smallest absolute Gasteiger partial charge is 0.248 e. The van der Waals surface area contributed by atoms with Crippen LogP contribution in [0.3, 0.4) is 0 Å². The van der Waals surface area contributed by atoms with Gasteiger partial charge < -0.3 is 15.2 Å². The highest BCUT2D eigenvalue weighted by molar-refractivity contribution is 6.30. The fourth-order valence-electron chi connectivity index (χ4n) is 3.15. The molecule has 4 rings (SSSR count). The second kappa shape index (κ2) is 10.1. The first-order valence-corrected chi connectivity index (χ1v) is 10.7. The second-order valence-corrected chi connectivity index (χ2v) is 7.56. The summed E-state index contributed by atoms with van der Waals surface area (Å²) in [6.07, 6.45) is 3.69. The minimum Gasteiger partial charge on any atom is -0.357 e. The van der Waals surface area contributed by atoms with Gasteiger partial charge in [-0.3, -0.25) is 0 Å². The van der Waals surface area contributed by atoms with Gasteiger partial charge in [-0.2, -0.15) is 10.1 Å². The lowest BCUT2D eigenvalue weighted by atomic mass is 10.1. The quantitative estimate of drug-likeness (QED) is 0.321. The summed E-state index contributed by atoms with van der Waals surface area (Å²) < 4.78 is 7.19. The summed E-state index contributed by atoms with van der Waals surface area (Å²) in [6.45, 7) is 5.09. The van der Waals surface area contributed by atoms with Gasteiger partial charge in [0.25, 0.3) is 0 Å². The Balaban J connectivity index is 1.44. The topological polar surface area (TPSA) is 93.2 Å². The van der Waals surface area contributed by atoms with Gasteiger partial charge in [0.2, 0.25) is 11.7 Å². The number of aliphatic imine (C=N–C) groups is 1. The van der Waals surface area contributed by atoms with E-state index in [1.54, 1.807) is 18.3 Å². The highest BCUT2D eigenvalue weighted by Gasteiger charge is 2.11. The van der Waals surface area contributed by atoms with E-state index in [2.05, 4.69) is 49.9 Å². The van der Waals surface area contributed by atoms with Gasteiger partial charge in [0, 0.05) is 29.5 Å². The number of hydrogen-bond donors (Lipinski definition) is 2. The first-order chi connectivity index (χ1) is 15.6. The Kier molecular flexibility index (Phi) is 6.81. The molecule has 164 valence electrons. The third kappa shape index (κ3) is 5.33. The number of nitrogens with zero attached hydrogens (tertiary/aromatic N) is 5. The molecular formula is C23H24ClN7O. The van der Waals surface area contributed by atoms with E-state index in [0.29, 0.717) is 22.7 Å². The van der Waals surface area contributed by atoms with Crippen LogP contribution < -0.4 is 10.6 Å². The monoisotopic (exact) mass is 449 g/mol. The first-order valence-electron chi connectivity index (χ1n) is 10.4. The van der Waals surface area contributed by atoms with E-state index >= 15 is 0 Å². The predicted octanol–water partition coefficient (Wildman–Crippen LogP) is 4.39. The fraction of sp³-hybridized carbons (Fsp3) is 0.217. The average Bonchev–Trinajstić information content (AvgIpc) is 3.51. The molecule has 2 heterocycles. The van der Waals surface area contributed by atoms with Crippen molar-refractivity contribution in [2.24, 2.45) is 4.99 Å². The zero-order chi connectivity index (χ0) is 22.3. The first kappa shape index (κ1) is 21.6. The van der Waals surface area contributed by atoms with Crippen LogP contribution in [0.2, 0.25) is 5.02 Å². The van der Waals surface area contributed by atoms with Crippen LogP contribution in [0.5, 0.6) is 0 Å². The third-order valence-electron chi connectivity index (χ3n) is 4.78. The third-order valence-corrected chi connectivity index (χ3v) is 5.03. The summed E-state index contributed by atoms with van der Waals surface area (Å²) in [7, 11) is 0. The molecule has 0 aliphatic rings. The Labute approximate surface area is 191 Å². The number of guanidine groups is 1. The number of nitrogens with one attached hydrogen (secondary N) is 2. The molecule has 2 N–H and O–H groups in total. The molecule has 4 aromatic rings. The number of halogens is 1. The van der Waals surface area contributed by atoms with Crippen LogP contribution in [-0.4, -0.2) is 32.4 Å². The zero-order valence-electron chi connectivity index (χ0n) is 17.9. The fourth-order valence-corrected chi connectivity index (χ4v) is 3.27. The minimum absolute atomic E-state index is 0.0237. The molecule has 0 spiro atoms. The van der Waals surface area contributed by atoms with E-state index in [0.717, 1.165) is 23.4 Å². The molecule has 0 saturated carbocycles. The Morgan fingerprint density at radius 1 is 1.19 bits per heavy atom. The number of hydrogen-bond acceptors (Lipinski definition) is 5. The van der Waals surface area contributed by atoms with Gasteiger partial charge in [0.05, 0.1) is 11.7 Å². The van der Waals surface area contributed by atoms with Gasteiger partial charge in [0.15, 0.2) is 5.96 Å². The van der Waals surface area contributed by atoms with Crippen LogP contribution in [0, 0.1) is 0 Å². The Bertz CT molecular complexity index is 1170. The van der Waals surface area contributed by atoms with E-state index in [1.807, 2.05) is 48.1 Å². The molecule has 9 heteroatoms. The molecule has 2 aromatic heterocycles. The summed E-state index contributed by atoms with van der Waals surface area (Å²) in [4.78, 5) is 9.03.